The highest BCUT2D eigenvalue weighted by atomic mass is 16.4. The molecule has 0 radical (unpaired) electrons. The van der Waals surface area contributed by atoms with Gasteiger partial charge in [0.25, 0.3) is 0 Å². The minimum absolute atomic E-state index is 0.174. The average molecular weight is 206 g/mol. The normalized spacial score (nSPS) is 9.40. The van der Waals surface area contributed by atoms with Gasteiger partial charge in [0.15, 0.2) is 5.69 Å². The van der Waals surface area contributed by atoms with E-state index in [4.69, 9.17) is 5.11 Å². The molecule has 2 N–H and O–H groups in total. The highest BCUT2D eigenvalue weighted by Gasteiger charge is 2.12. The maximum absolute atomic E-state index is 11.0. The van der Waals surface area contributed by atoms with Crippen molar-refractivity contribution in [3.05, 3.63) is 36.2 Å². The number of aryl methyl sites for hydroxylation is 1. The molecule has 5 heteroatoms. The largest absolute Gasteiger partial charge is 0.476 e. The van der Waals surface area contributed by atoms with Crippen molar-refractivity contribution in [1.82, 2.24) is 4.98 Å². The molecule has 0 atom stereocenters. The van der Waals surface area contributed by atoms with E-state index in [9.17, 15) is 9.59 Å². The number of carboxylic acid groups (broad SMARTS) is 1. The van der Waals surface area contributed by atoms with Gasteiger partial charge in [0.2, 0.25) is 5.91 Å². The first-order valence-electron chi connectivity index (χ1n) is 4.18. The molecule has 0 bridgehead atoms. The lowest BCUT2D eigenvalue weighted by molar-refractivity contribution is -0.111. The highest BCUT2D eigenvalue weighted by molar-refractivity contribution is 6.03. The summed E-state index contributed by atoms with van der Waals surface area (Å²) < 4.78 is 0. The molecule has 0 aliphatic rings. The van der Waals surface area contributed by atoms with E-state index in [0.29, 0.717) is 0 Å². The number of amides is 1. The van der Waals surface area contributed by atoms with Crippen LogP contribution in [-0.2, 0) is 4.79 Å². The summed E-state index contributed by atoms with van der Waals surface area (Å²) in [6.45, 7) is 5.03. The van der Waals surface area contributed by atoms with Gasteiger partial charge in [-0.2, -0.15) is 0 Å². The average Bonchev–Trinajstić information content (AvgIpc) is 2.17. The molecule has 0 unspecified atom stereocenters. The second kappa shape index (κ2) is 4.36. The summed E-state index contributed by atoms with van der Waals surface area (Å²) in [6.07, 6.45) is 2.49. The Labute approximate surface area is 86.5 Å². The summed E-state index contributed by atoms with van der Waals surface area (Å²) in [6, 6.07) is 1.54. The van der Waals surface area contributed by atoms with Crippen molar-refractivity contribution in [2.45, 2.75) is 6.92 Å². The molecule has 0 aliphatic carbocycles. The van der Waals surface area contributed by atoms with E-state index in [1.54, 1.807) is 6.92 Å². The number of hydrogen-bond acceptors (Lipinski definition) is 3. The number of carbonyl (C=O) groups is 2. The number of aromatic nitrogens is 1. The van der Waals surface area contributed by atoms with Crippen LogP contribution >= 0.6 is 0 Å². The molecular weight excluding hydrogens is 196 g/mol. The first kappa shape index (κ1) is 10.9. The third-order valence-corrected chi connectivity index (χ3v) is 1.67. The number of carboxylic acids is 1. The number of nitrogens with zero attached hydrogens (tertiary/aromatic N) is 1. The van der Waals surface area contributed by atoms with E-state index in [0.717, 1.165) is 11.6 Å². The van der Waals surface area contributed by atoms with Gasteiger partial charge in [-0.1, -0.05) is 6.58 Å². The molecule has 15 heavy (non-hydrogen) atoms. The highest BCUT2D eigenvalue weighted by Crippen LogP contribution is 2.14. The fraction of sp³-hybridized carbons (Fsp3) is 0.100. The lowest BCUT2D eigenvalue weighted by Gasteiger charge is -2.06. The van der Waals surface area contributed by atoms with Gasteiger partial charge in [-0.15, -0.1) is 0 Å². The lowest BCUT2D eigenvalue weighted by atomic mass is 10.2. The lowest BCUT2D eigenvalue weighted by Crippen LogP contribution is -2.13. The van der Waals surface area contributed by atoms with E-state index >= 15 is 0 Å². The van der Waals surface area contributed by atoms with E-state index < -0.39 is 11.9 Å². The van der Waals surface area contributed by atoms with Crippen LogP contribution in [-0.4, -0.2) is 22.0 Å². The van der Waals surface area contributed by atoms with Crippen molar-refractivity contribution >= 4 is 17.6 Å². The first-order valence-corrected chi connectivity index (χ1v) is 4.18. The van der Waals surface area contributed by atoms with E-state index in [2.05, 4.69) is 16.9 Å². The molecule has 1 amide bonds. The standard InChI is InChI=1S/C10H10N2O3/c1-3-8(13)12-7-4-6(2)5-11-9(7)10(14)15/h3-5H,1H2,2H3,(H,12,13)(H,14,15). The molecule has 1 heterocycles. The van der Waals surface area contributed by atoms with Gasteiger partial charge in [0, 0.05) is 6.20 Å². The molecular formula is C10H10N2O3. The third kappa shape index (κ3) is 2.63. The van der Waals surface area contributed by atoms with Crippen LogP contribution in [0, 0.1) is 6.92 Å². The Morgan fingerprint density at radius 1 is 1.60 bits per heavy atom. The van der Waals surface area contributed by atoms with E-state index in [-0.39, 0.29) is 11.4 Å². The topological polar surface area (TPSA) is 79.3 Å². The third-order valence-electron chi connectivity index (χ3n) is 1.67. The van der Waals surface area contributed by atoms with Crippen molar-refractivity contribution in [3.63, 3.8) is 0 Å². The molecule has 0 saturated carbocycles. The van der Waals surface area contributed by atoms with Crippen LogP contribution < -0.4 is 5.32 Å². The fourth-order valence-corrected chi connectivity index (χ4v) is 1.02. The van der Waals surface area contributed by atoms with Crippen LogP contribution in [0.1, 0.15) is 16.1 Å². The number of aromatic carboxylic acids is 1. The molecule has 0 saturated heterocycles. The Morgan fingerprint density at radius 2 is 2.27 bits per heavy atom. The minimum atomic E-state index is -1.19. The zero-order valence-corrected chi connectivity index (χ0v) is 8.15. The maximum atomic E-state index is 11.0. The summed E-state index contributed by atoms with van der Waals surface area (Å²) in [5.41, 5.74) is 0.752. The van der Waals surface area contributed by atoms with Crippen LogP contribution in [0.2, 0.25) is 0 Å². The molecule has 0 aromatic carbocycles. The molecule has 1 aromatic heterocycles. The molecule has 1 aromatic rings. The fourth-order valence-electron chi connectivity index (χ4n) is 1.02. The summed E-state index contributed by atoms with van der Waals surface area (Å²) in [4.78, 5) is 25.5. The zero-order chi connectivity index (χ0) is 11.4. The number of carbonyl (C=O) groups excluding carboxylic acids is 1. The molecule has 1 rings (SSSR count). The minimum Gasteiger partial charge on any atom is -0.476 e. The van der Waals surface area contributed by atoms with E-state index in [1.165, 1.54) is 12.3 Å². The van der Waals surface area contributed by atoms with Gasteiger partial charge in [-0.3, -0.25) is 4.79 Å². The molecule has 0 aliphatic heterocycles. The molecule has 5 nitrogen and oxygen atoms in total. The van der Waals surface area contributed by atoms with Gasteiger partial charge in [-0.05, 0) is 24.6 Å². The molecule has 0 spiro atoms. The Kier molecular flexibility index (Phi) is 3.17. The summed E-state index contributed by atoms with van der Waals surface area (Å²) in [5, 5.41) is 11.2. The monoisotopic (exact) mass is 206 g/mol. The Bertz CT molecular complexity index is 427. The van der Waals surface area contributed by atoms with Gasteiger partial charge in [0.1, 0.15) is 0 Å². The second-order valence-electron chi connectivity index (χ2n) is 2.91. The van der Waals surface area contributed by atoms with Gasteiger partial charge >= 0.3 is 5.97 Å². The molecule has 78 valence electrons. The van der Waals surface area contributed by atoms with Crippen molar-refractivity contribution in [3.8, 4) is 0 Å². The van der Waals surface area contributed by atoms with Crippen molar-refractivity contribution in [2.24, 2.45) is 0 Å². The van der Waals surface area contributed by atoms with Crippen LogP contribution in [0.3, 0.4) is 0 Å². The van der Waals surface area contributed by atoms with Gasteiger partial charge in [0.05, 0.1) is 5.69 Å². The summed E-state index contributed by atoms with van der Waals surface area (Å²) in [7, 11) is 0. The summed E-state index contributed by atoms with van der Waals surface area (Å²) >= 11 is 0. The number of hydrogen-bond donors (Lipinski definition) is 2. The van der Waals surface area contributed by atoms with Crippen molar-refractivity contribution in [1.29, 1.82) is 0 Å². The van der Waals surface area contributed by atoms with Gasteiger partial charge < -0.3 is 10.4 Å². The van der Waals surface area contributed by atoms with Crippen molar-refractivity contribution < 1.29 is 14.7 Å². The van der Waals surface area contributed by atoms with Gasteiger partial charge in [-0.25, -0.2) is 9.78 Å². The number of anilines is 1. The number of nitrogens with one attached hydrogen (secondary N) is 1. The first-order chi connectivity index (χ1) is 7.04. The predicted molar refractivity (Wildman–Crippen MR) is 54.8 cm³/mol. The number of pyridine rings is 1. The smallest absolute Gasteiger partial charge is 0.356 e. The zero-order valence-electron chi connectivity index (χ0n) is 8.15. The van der Waals surface area contributed by atoms with Crippen LogP contribution in [0.25, 0.3) is 0 Å². The Morgan fingerprint density at radius 3 is 2.80 bits per heavy atom. The van der Waals surface area contributed by atoms with E-state index in [1.807, 2.05) is 0 Å². The SMILES string of the molecule is C=CC(=O)Nc1cc(C)cnc1C(=O)O. The predicted octanol–water partition coefficient (Wildman–Crippen LogP) is 1.21. The summed E-state index contributed by atoms with van der Waals surface area (Å²) in [5.74, 6) is -1.65. The Balaban J connectivity index is 3.12. The van der Waals surface area contributed by atoms with Crippen LogP contribution in [0.4, 0.5) is 5.69 Å². The second-order valence-corrected chi connectivity index (χ2v) is 2.91. The van der Waals surface area contributed by atoms with Crippen LogP contribution in [0.15, 0.2) is 24.9 Å². The molecule has 0 fully saturated rings. The quantitative estimate of drug-likeness (QED) is 0.728. The van der Waals surface area contributed by atoms with Crippen molar-refractivity contribution in [2.75, 3.05) is 5.32 Å². The maximum Gasteiger partial charge on any atom is 0.356 e. The Hall–Kier alpha value is -2.17. The van der Waals surface area contributed by atoms with Crippen LogP contribution in [0.5, 0.6) is 0 Å². The number of rotatable bonds is 3.